The number of aromatic nitrogens is 1. The van der Waals surface area contributed by atoms with Crippen LogP contribution >= 0.6 is 0 Å². The molecular weight excluding hydrogens is 194 g/mol. The first kappa shape index (κ1) is 11.5. The number of rotatable bonds is 4. The van der Waals surface area contributed by atoms with E-state index in [0.29, 0.717) is 11.4 Å². The number of anilines is 2. The largest absolute Gasteiger partial charge is 0.396 e. The van der Waals surface area contributed by atoms with Crippen LogP contribution in [0.5, 0.6) is 0 Å². The zero-order valence-corrected chi connectivity index (χ0v) is 8.86. The van der Waals surface area contributed by atoms with E-state index < -0.39 is 0 Å². The second kappa shape index (κ2) is 5.31. The summed E-state index contributed by atoms with van der Waals surface area (Å²) in [5.74, 6) is -0.221. The molecule has 0 fully saturated rings. The lowest BCUT2D eigenvalue weighted by molar-refractivity contribution is -0.121. The number of carbonyl (C=O) groups excluding carboxylic acids is 1. The molecule has 82 valence electrons. The number of nitrogen functional groups attached to an aromatic ring is 1. The smallest absolute Gasteiger partial charge is 0.250 e. The number of pyridine rings is 1. The standard InChI is InChI=1S/C10H15N3O2/c1-7(2)15-6-10(14)13-9-3-4-12-5-8(9)11/h3-5,7H,6,11H2,1-2H3,(H,12,13,14). The van der Waals surface area contributed by atoms with E-state index in [0.717, 1.165) is 0 Å². The van der Waals surface area contributed by atoms with Gasteiger partial charge < -0.3 is 15.8 Å². The maximum atomic E-state index is 11.4. The van der Waals surface area contributed by atoms with E-state index in [9.17, 15) is 4.79 Å². The van der Waals surface area contributed by atoms with E-state index >= 15 is 0 Å². The van der Waals surface area contributed by atoms with Crippen LogP contribution in [0.3, 0.4) is 0 Å². The maximum absolute atomic E-state index is 11.4. The highest BCUT2D eigenvalue weighted by Gasteiger charge is 2.05. The molecule has 0 saturated heterocycles. The Bertz CT molecular complexity index is 339. The molecule has 1 amide bonds. The number of amides is 1. The topological polar surface area (TPSA) is 77.2 Å². The number of ether oxygens (including phenoxy) is 1. The molecule has 15 heavy (non-hydrogen) atoms. The van der Waals surface area contributed by atoms with Gasteiger partial charge in [0.1, 0.15) is 6.61 Å². The van der Waals surface area contributed by atoms with Crippen molar-refractivity contribution in [1.29, 1.82) is 0 Å². The Morgan fingerprint density at radius 1 is 1.67 bits per heavy atom. The van der Waals surface area contributed by atoms with Crippen molar-refractivity contribution >= 4 is 17.3 Å². The Morgan fingerprint density at radius 2 is 2.40 bits per heavy atom. The molecule has 0 atom stereocenters. The first-order chi connectivity index (χ1) is 7.09. The Labute approximate surface area is 88.6 Å². The van der Waals surface area contributed by atoms with Gasteiger partial charge >= 0.3 is 0 Å². The lowest BCUT2D eigenvalue weighted by Crippen LogP contribution is -2.21. The van der Waals surface area contributed by atoms with Crippen molar-refractivity contribution in [1.82, 2.24) is 4.98 Å². The monoisotopic (exact) mass is 209 g/mol. The Hall–Kier alpha value is -1.62. The fourth-order valence-electron chi connectivity index (χ4n) is 0.949. The van der Waals surface area contributed by atoms with Crippen LogP contribution in [0.15, 0.2) is 18.5 Å². The normalized spacial score (nSPS) is 10.3. The molecule has 0 spiro atoms. The molecule has 1 rings (SSSR count). The van der Waals surface area contributed by atoms with Gasteiger partial charge in [-0.1, -0.05) is 0 Å². The van der Waals surface area contributed by atoms with E-state index in [1.54, 1.807) is 12.3 Å². The van der Waals surface area contributed by atoms with Crippen molar-refractivity contribution in [3.05, 3.63) is 18.5 Å². The fourth-order valence-corrected chi connectivity index (χ4v) is 0.949. The van der Waals surface area contributed by atoms with Gasteiger partial charge in [0, 0.05) is 6.20 Å². The lowest BCUT2D eigenvalue weighted by atomic mass is 10.3. The zero-order valence-electron chi connectivity index (χ0n) is 8.86. The summed E-state index contributed by atoms with van der Waals surface area (Å²) in [4.78, 5) is 15.2. The van der Waals surface area contributed by atoms with Crippen molar-refractivity contribution in [2.24, 2.45) is 0 Å². The number of nitrogens with zero attached hydrogens (tertiary/aromatic N) is 1. The molecule has 1 aromatic heterocycles. The highest BCUT2D eigenvalue weighted by atomic mass is 16.5. The van der Waals surface area contributed by atoms with Crippen molar-refractivity contribution < 1.29 is 9.53 Å². The van der Waals surface area contributed by atoms with Crippen LogP contribution in [0.4, 0.5) is 11.4 Å². The summed E-state index contributed by atoms with van der Waals surface area (Å²) in [6.45, 7) is 3.77. The van der Waals surface area contributed by atoms with Gasteiger partial charge in [0.25, 0.3) is 0 Å². The summed E-state index contributed by atoms with van der Waals surface area (Å²) in [7, 11) is 0. The van der Waals surface area contributed by atoms with Crippen molar-refractivity contribution in [3.63, 3.8) is 0 Å². The van der Waals surface area contributed by atoms with Crippen LogP contribution in [-0.4, -0.2) is 23.6 Å². The molecule has 0 bridgehead atoms. The SMILES string of the molecule is CC(C)OCC(=O)Nc1ccncc1N. The van der Waals surface area contributed by atoms with Gasteiger partial charge in [-0.05, 0) is 19.9 Å². The van der Waals surface area contributed by atoms with Crippen LogP contribution in [0.2, 0.25) is 0 Å². The maximum Gasteiger partial charge on any atom is 0.250 e. The summed E-state index contributed by atoms with van der Waals surface area (Å²) in [6.07, 6.45) is 3.08. The molecule has 1 heterocycles. The van der Waals surface area contributed by atoms with Crippen LogP contribution < -0.4 is 11.1 Å². The minimum absolute atomic E-state index is 0.0272. The molecule has 1 aromatic rings. The summed E-state index contributed by atoms with van der Waals surface area (Å²) in [5, 5.41) is 2.64. The minimum Gasteiger partial charge on any atom is -0.396 e. The molecule has 0 radical (unpaired) electrons. The minimum atomic E-state index is -0.221. The number of carbonyl (C=O) groups is 1. The average molecular weight is 209 g/mol. The average Bonchev–Trinajstić information content (AvgIpc) is 2.18. The molecule has 5 nitrogen and oxygen atoms in total. The van der Waals surface area contributed by atoms with Crippen molar-refractivity contribution in [3.8, 4) is 0 Å². The van der Waals surface area contributed by atoms with Gasteiger partial charge in [-0.25, -0.2) is 0 Å². The van der Waals surface area contributed by atoms with E-state index in [2.05, 4.69) is 10.3 Å². The fraction of sp³-hybridized carbons (Fsp3) is 0.400. The second-order valence-electron chi connectivity index (χ2n) is 3.37. The molecular formula is C10H15N3O2. The Morgan fingerprint density at radius 3 is 3.00 bits per heavy atom. The third-order valence-corrected chi connectivity index (χ3v) is 1.67. The number of nitrogens with one attached hydrogen (secondary N) is 1. The quantitative estimate of drug-likeness (QED) is 0.776. The van der Waals surface area contributed by atoms with Crippen LogP contribution in [0.1, 0.15) is 13.8 Å². The predicted octanol–water partition coefficient (Wildman–Crippen LogP) is 1.03. The van der Waals surface area contributed by atoms with Crippen molar-refractivity contribution in [2.75, 3.05) is 17.7 Å². The van der Waals surface area contributed by atoms with Crippen LogP contribution in [-0.2, 0) is 9.53 Å². The molecule has 0 aromatic carbocycles. The van der Waals surface area contributed by atoms with Gasteiger partial charge in [-0.15, -0.1) is 0 Å². The van der Waals surface area contributed by atoms with Crippen molar-refractivity contribution in [2.45, 2.75) is 20.0 Å². The first-order valence-electron chi connectivity index (χ1n) is 4.70. The number of hydrogen-bond donors (Lipinski definition) is 2. The third kappa shape index (κ3) is 3.95. The van der Waals surface area contributed by atoms with Gasteiger partial charge in [-0.2, -0.15) is 0 Å². The van der Waals surface area contributed by atoms with Gasteiger partial charge in [-0.3, -0.25) is 9.78 Å². The third-order valence-electron chi connectivity index (χ3n) is 1.67. The lowest BCUT2D eigenvalue weighted by Gasteiger charge is -2.09. The number of hydrogen-bond acceptors (Lipinski definition) is 4. The molecule has 3 N–H and O–H groups in total. The summed E-state index contributed by atoms with van der Waals surface area (Å²) in [6, 6.07) is 1.64. The molecule has 0 saturated carbocycles. The van der Waals surface area contributed by atoms with Crippen LogP contribution in [0, 0.1) is 0 Å². The van der Waals surface area contributed by atoms with Crippen LogP contribution in [0.25, 0.3) is 0 Å². The van der Waals surface area contributed by atoms with E-state index in [4.69, 9.17) is 10.5 Å². The molecule has 0 aliphatic heterocycles. The second-order valence-corrected chi connectivity index (χ2v) is 3.37. The zero-order chi connectivity index (χ0) is 11.3. The molecule has 5 heteroatoms. The Balaban J connectivity index is 2.48. The van der Waals surface area contributed by atoms with Gasteiger partial charge in [0.05, 0.1) is 23.7 Å². The molecule has 0 aliphatic rings. The van der Waals surface area contributed by atoms with E-state index in [1.807, 2.05) is 13.8 Å². The first-order valence-corrected chi connectivity index (χ1v) is 4.70. The summed E-state index contributed by atoms with van der Waals surface area (Å²) >= 11 is 0. The van der Waals surface area contributed by atoms with Gasteiger partial charge in [0.2, 0.25) is 5.91 Å². The summed E-state index contributed by atoms with van der Waals surface area (Å²) in [5.41, 5.74) is 6.60. The van der Waals surface area contributed by atoms with E-state index in [1.165, 1.54) is 6.20 Å². The molecule has 0 aliphatic carbocycles. The predicted molar refractivity (Wildman–Crippen MR) is 58.4 cm³/mol. The van der Waals surface area contributed by atoms with Gasteiger partial charge in [0.15, 0.2) is 0 Å². The van der Waals surface area contributed by atoms with E-state index in [-0.39, 0.29) is 18.6 Å². The Kier molecular flexibility index (Phi) is 4.05. The highest BCUT2D eigenvalue weighted by molar-refractivity contribution is 5.94. The number of nitrogens with two attached hydrogens (primary N) is 1. The molecule has 0 unspecified atom stereocenters. The highest BCUT2D eigenvalue weighted by Crippen LogP contribution is 2.14. The summed E-state index contributed by atoms with van der Waals surface area (Å²) < 4.78 is 5.15.